The molecule has 6 N–H and O–H groups in total. The fourth-order valence-corrected chi connectivity index (χ4v) is 7.89. The van der Waals surface area contributed by atoms with Gasteiger partial charge in [0.05, 0.1) is 0 Å². The number of aliphatic hydroxyl groups is 1. The smallest absolute Gasteiger partial charge is 0.481 e. The lowest BCUT2D eigenvalue weighted by atomic mass is 9.51. The molecular formula is C45H90O10. The summed E-state index contributed by atoms with van der Waals surface area (Å²) in [5.41, 5.74) is 1.02. The van der Waals surface area contributed by atoms with Crippen molar-refractivity contribution in [2.45, 2.75) is 247 Å². The fraction of sp³-hybridized carbons (Fsp3) is 0.911. The highest BCUT2D eigenvalue weighted by atomic mass is 16.6. The molecule has 0 amide bonds. The second-order valence-corrected chi connectivity index (χ2v) is 15.5. The van der Waals surface area contributed by atoms with E-state index in [2.05, 4.69) is 41.5 Å². The van der Waals surface area contributed by atoms with Gasteiger partial charge in [0.2, 0.25) is 0 Å². The number of hydrogen-bond acceptors (Lipinski definition) is 5. The largest absolute Gasteiger partial charge is 0.503 e. The standard InChI is InChI=1S/C36H74O.C6H12O2.C2H2O4.CH2O3/c1-6-11-16-21-28-35(29-22-17-12-7-2,30-23-18-13-8-3)36(33-26-27-34-37,31-24-19-14-9-4)32-25-20-15-10-5;1-2-3-4-5-6(7)8;3-1(4)2(5)6;2-1(3)4/h37H,6-34H2,1-5H3;2-5H2,1H3,(H,7,8);(H,3,4)(H,5,6);(H2,2,3,4). The Balaban J connectivity index is -0.000000589. The molecule has 0 fully saturated rings. The maximum absolute atomic E-state index is 9.87. The van der Waals surface area contributed by atoms with Gasteiger partial charge in [-0.25, -0.2) is 14.4 Å². The second-order valence-electron chi connectivity index (χ2n) is 15.5. The van der Waals surface area contributed by atoms with Crippen molar-refractivity contribution in [3.8, 4) is 0 Å². The Kier molecular flexibility index (Phi) is 47.9. The summed E-state index contributed by atoms with van der Waals surface area (Å²) in [6.45, 7) is 14.2. The molecule has 330 valence electrons. The van der Waals surface area contributed by atoms with Crippen LogP contribution in [0.25, 0.3) is 0 Å². The zero-order chi connectivity index (χ0) is 42.6. The molecule has 0 aromatic rings. The fourth-order valence-electron chi connectivity index (χ4n) is 7.89. The van der Waals surface area contributed by atoms with Crippen LogP contribution in [0.15, 0.2) is 0 Å². The van der Waals surface area contributed by atoms with Gasteiger partial charge in [-0.05, 0) is 62.2 Å². The molecule has 55 heavy (non-hydrogen) atoms. The van der Waals surface area contributed by atoms with Crippen LogP contribution in [0.4, 0.5) is 4.79 Å². The van der Waals surface area contributed by atoms with Crippen molar-refractivity contribution in [2.24, 2.45) is 10.8 Å². The summed E-state index contributed by atoms with van der Waals surface area (Å²) < 4.78 is 0. The van der Waals surface area contributed by atoms with E-state index in [1.807, 2.05) is 0 Å². The zero-order valence-corrected chi connectivity index (χ0v) is 36.7. The normalized spacial score (nSPS) is 11.0. The van der Waals surface area contributed by atoms with Gasteiger partial charge in [-0.2, -0.15) is 0 Å². The third kappa shape index (κ3) is 39.7. The highest BCUT2D eigenvalue weighted by Gasteiger charge is 2.48. The van der Waals surface area contributed by atoms with Crippen molar-refractivity contribution in [2.75, 3.05) is 6.61 Å². The molecule has 10 nitrogen and oxygen atoms in total. The summed E-state index contributed by atoms with van der Waals surface area (Å²) in [5, 5.41) is 46.6. The molecule has 0 aliphatic carbocycles. The van der Waals surface area contributed by atoms with Crippen LogP contribution in [0.5, 0.6) is 0 Å². The Morgan fingerprint density at radius 1 is 0.345 bits per heavy atom. The lowest BCUT2D eigenvalue weighted by Crippen LogP contribution is -2.43. The van der Waals surface area contributed by atoms with E-state index in [-0.39, 0.29) is 0 Å². The highest BCUT2D eigenvalue weighted by molar-refractivity contribution is 6.27. The average Bonchev–Trinajstić information content (AvgIpc) is 3.13. The van der Waals surface area contributed by atoms with Crippen molar-refractivity contribution in [1.82, 2.24) is 0 Å². The molecule has 0 heterocycles. The van der Waals surface area contributed by atoms with Crippen LogP contribution in [0.3, 0.4) is 0 Å². The van der Waals surface area contributed by atoms with Crippen LogP contribution < -0.4 is 0 Å². The van der Waals surface area contributed by atoms with Gasteiger partial charge in [0.25, 0.3) is 0 Å². The number of carboxylic acids is 3. The lowest BCUT2D eigenvalue weighted by Gasteiger charge is -2.53. The van der Waals surface area contributed by atoms with Gasteiger partial charge in [0, 0.05) is 13.0 Å². The van der Waals surface area contributed by atoms with Crippen LogP contribution in [-0.4, -0.2) is 61.3 Å². The van der Waals surface area contributed by atoms with E-state index in [0.717, 1.165) is 25.7 Å². The quantitative estimate of drug-likeness (QED) is 0.0270. The number of carboxylic acid groups (broad SMARTS) is 5. The van der Waals surface area contributed by atoms with Crippen molar-refractivity contribution in [3.63, 3.8) is 0 Å². The molecular weight excluding hydrogens is 700 g/mol. The molecule has 0 bridgehead atoms. The van der Waals surface area contributed by atoms with E-state index < -0.39 is 24.1 Å². The maximum Gasteiger partial charge on any atom is 0.503 e. The molecule has 0 unspecified atom stereocenters. The van der Waals surface area contributed by atoms with Crippen LogP contribution in [0.1, 0.15) is 247 Å². The number of aliphatic hydroxyl groups excluding tert-OH is 1. The van der Waals surface area contributed by atoms with Crippen molar-refractivity contribution in [1.29, 1.82) is 0 Å². The Hall–Kier alpha value is -2.36. The molecule has 0 aromatic carbocycles. The summed E-state index contributed by atoms with van der Waals surface area (Å²) in [5.74, 6) is -4.33. The van der Waals surface area contributed by atoms with E-state index in [4.69, 9.17) is 39.9 Å². The summed E-state index contributed by atoms with van der Waals surface area (Å²) in [4.78, 5) is 36.6. The minimum atomic E-state index is -1.83. The minimum Gasteiger partial charge on any atom is -0.481 e. The Bertz CT molecular complexity index is 801. The molecule has 0 spiro atoms. The SMILES string of the molecule is CCCCCC(=O)O.CCCCCCC(CCCCO)(CCCCCC)C(CCCCCC)(CCCCCC)CCCCCC.O=C(O)C(=O)O.O=C(O)O. The predicted octanol–water partition coefficient (Wildman–Crippen LogP) is 14.0. The van der Waals surface area contributed by atoms with Crippen LogP contribution in [0.2, 0.25) is 0 Å². The highest BCUT2D eigenvalue weighted by Crippen LogP contribution is 2.59. The first-order valence-corrected chi connectivity index (χ1v) is 22.5. The van der Waals surface area contributed by atoms with Crippen molar-refractivity contribution < 1.29 is 49.8 Å². The third-order valence-corrected chi connectivity index (χ3v) is 10.9. The van der Waals surface area contributed by atoms with Crippen LogP contribution in [-0.2, 0) is 14.4 Å². The van der Waals surface area contributed by atoms with Gasteiger partial charge in [-0.3, -0.25) is 4.79 Å². The van der Waals surface area contributed by atoms with E-state index in [9.17, 15) is 9.90 Å². The molecule has 0 rings (SSSR count). The van der Waals surface area contributed by atoms with E-state index in [1.165, 1.54) is 173 Å². The molecule has 0 aliphatic heterocycles. The molecule has 0 aromatic heterocycles. The first-order valence-electron chi connectivity index (χ1n) is 22.5. The summed E-state index contributed by atoms with van der Waals surface area (Å²) in [7, 11) is 0. The molecule has 0 saturated heterocycles. The second kappa shape index (κ2) is 44.4. The summed E-state index contributed by atoms with van der Waals surface area (Å²) in [6.07, 6.45) is 40.5. The number of aliphatic carboxylic acids is 3. The number of carbonyl (C=O) groups is 4. The van der Waals surface area contributed by atoms with Crippen molar-refractivity contribution >= 4 is 24.1 Å². The van der Waals surface area contributed by atoms with Crippen LogP contribution in [0, 0.1) is 10.8 Å². The predicted molar refractivity (Wildman–Crippen MR) is 227 cm³/mol. The molecule has 0 radical (unpaired) electrons. The molecule has 10 heteroatoms. The zero-order valence-electron chi connectivity index (χ0n) is 36.7. The summed E-state index contributed by atoms with van der Waals surface area (Å²) >= 11 is 0. The van der Waals surface area contributed by atoms with Crippen LogP contribution >= 0.6 is 0 Å². The minimum absolute atomic E-state index is 0.327. The third-order valence-electron chi connectivity index (χ3n) is 10.9. The van der Waals surface area contributed by atoms with Gasteiger partial charge in [-0.15, -0.1) is 0 Å². The average molecular weight is 791 g/mol. The Morgan fingerprint density at radius 2 is 0.564 bits per heavy atom. The van der Waals surface area contributed by atoms with Gasteiger partial charge in [0.15, 0.2) is 0 Å². The molecule has 0 saturated carbocycles. The van der Waals surface area contributed by atoms with E-state index >= 15 is 0 Å². The molecule has 0 aliphatic rings. The monoisotopic (exact) mass is 791 g/mol. The first-order chi connectivity index (χ1) is 26.3. The Labute approximate surface area is 337 Å². The van der Waals surface area contributed by atoms with Crippen molar-refractivity contribution in [3.05, 3.63) is 0 Å². The van der Waals surface area contributed by atoms with Gasteiger partial charge < -0.3 is 30.6 Å². The number of unbranched alkanes of at least 4 members (excludes halogenated alkanes) is 18. The topological polar surface area (TPSA) is 190 Å². The number of rotatable bonds is 34. The number of hydrogen-bond donors (Lipinski definition) is 6. The van der Waals surface area contributed by atoms with Gasteiger partial charge >= 0.3 is 24.1 Å². The maximum atomic E-state index is 9.87. The Morgan fingerprint density at radius 3 is 0.745 bits per heavy atom. The van der Waals surface area contributed by atoms with Gasteiger partial charge in [0.1, 0.15) is 0 Å². The van der Waals surface area contributed by atoms with Gasteiger partial charge in [-0.1, -0.05) is 189 Å². The van der Waals surface area contributed by atoms with E-state index in [0.29, 0.717) is 23.9 Å². The summed E-state index contributed by atoms with van der Waals surface area (Å²) in [6, 6.07) is 0. The lowest BCUT2D eigenvalue weighted by molar-refractivity contribution is -0.159. The molecule has 0 atom stereocenters. The first kappa shape index (κ1) is 59.3. The van der Waals surface area contributed by atoms with E-state index in [1.54, 1.807) is 0 Å².